The quantitative estimate of drug-likeness (QED) is 0.507. The van der Waals surface area contributed by atoms with E-state index in [1.807, 2.05) is 0 Å². The molecule has 1 aromatic carbocycles. The standard InChI is InChI=1S/C14H13N3O6/c1-8-13(9(2)23-16-8)14(19)22-7-12(18)15-10-5-3-4-6-11(10)17(20)21/h3-6H,7H2,1-2H3,(H,15,18). The summed E-state index contributed by atoms with van der Waals surface area (Å²) in [5, 5.41) is 16.8. The molecule has 9 nitrogen and oxygen atoms in total. The Morgan fingerprint density at radius 2 is 2.04 bits per heavy atom. The predicted molar refractivity (Wildman–Crippen MR) is 78.0 cm³/mol. The highest BCUT2D eigenvalue weighted by atomic mass is 16.6. The van der Waals surface area contributed by atoms with Gasteiger partial charge in [0, 0.05) is 6.07 Å². The van der Waals surface area contributed by atoms with Gasteiger partial charge >= 0.3 is 5.97 Å². The maximum absolute atomic E-state index is 11.9. The summed E-state index contributed by atoms with van der Waals surface area (Å²) in [5.74, 6) is -1.16. The molecule has 0 atom stereocenters. The van der Waals surface area contributed by atoms with Crippen LogP contribution >= 0.6 is 0 Å². The molecule has 23 heavy (non-hydrogen) atoms. The van der Waals surface area contributed by atoms with E-state index in [0.29, 0.717) is 5.69 Å². The van der Waals surface area contributed by atoms with Crippen LogP contribution in [0.3, 0.4) is 0 Å². The average molecular weight is 319 g/mol. The number of benzene rings is 1. The Hall–Kier alpha value is -3.23. The van der Waals surface area contributed by atoms with Gasteiger partial charge in [0.2, 0.25) is 0 Å². The zero-order valence-electron chi connectivity index (χ0n) is 12.4. The van der Waals surface area contributed by atoms with Crippen molar-refractivity contribution < 1.29 is 23.8 Å². The van der Waals surface area contributed by atoms with E-state index in [9.17, 15) is 19.7 Å². The van der Waals surface area contributed by atoms with Crippen LogP contribution < -0.4 is 5.32 Å². The van der Waals surface area contributed by atoms with E-state index in [1.165, 1.54) is 18.2 Å². The van der Waals surface area contributed by atoms with Gasteiger partial charge in [0.15, 0.2) is 6.61 Å². The maximum Gasteiger partial charge on any atom is 0.344 e. The van der Waals surface area contributed by atoms with Gasteiger partial charge in [-0.05, 0) is 19.9 Å². The number of esters is 1. The number of para-hydroxylation sites is 2. The molecule has 0 aliphatic carbocycles. The fourth-order valence-corrected chi connectivity index (χ4v) is 1.90. The Bertz CT molecular complexity index is 748. The highest BCUT2D eigenvalue weighted by Crippen LogP contribution is 2.23. The van der Waals surface area contributed by atoms with Gasteiger partial charge in [-0.1, -0.05) is 17.3 Å². The summed E-state index contributed by atoms with van der Waals surface area (Å²) < 4.78 is 9.70. The molecule has 1 heterocycles. The van der Waals surface area contributed by atoms with Gasteiger partial charge < -0.3 is 14.6 Å². The minimum Gasteiger partial charge on any atom is -0.452 e. The molecule has 9 heteroatoms. The zero-order valence-corrected chi connectivity index (χ0v) is 12.4. The Kier molecular flexibility index (Phi) is 4.69. The summed E-state index contributed by atoms with van der Waals surface area (Å²) in [5.41, 5.74) is 0.281. The number of aryl methyl sites for hydroxylation is 2. The summed E-state index contributed by atoms with van der Waals surface area (Å²) in [4.78, 5) is 33.9. The Balaban J connectivity index is 1.99. The van der Waals surface area contributed by atoms with Crippen molar-refractivity contribution in [1.29, 1.82) is 0 Å². The van der Waals surface area contributed by atoms with Crippen molar-refractivity contribution in [2.45, 2.75) is 13.8 Å². The number of carbonyl (C=O) groups excluding carboxylic acids is 2. The van der Waals surface area contributed by atoms with Crippen LogP contribution in [0.25, 0.3) is 0 Å². The molecular weight excluding hydrogens is 306 g/mol. The summed E-state index contributed by atoms with van der Waals surface area (Å²) >= 11 is 0. The molecule has 0 saturated heterocycles. The third-order valence-corrected chi connectivity index (χ3v) is 2.95. The number of ether oxygens (including phenoxy) is 1. The second-order valence-electron chi connectivity index (χ2n) is 4.60. The Morgan fingerprint density at radius 3 is 2.65 bits per heavy atom. The van der Waals surface area contributed by atoms with Crippen molar-refractivity contribution in [2.75, 3.05) is 11.9 Å². The number of nitro groups is 1. The number of hydrogen-bond acceptors (Lipinski definition) is 7. The first kappa shape index (κ1) is 16.1. The molecule has 120 valence electrons. The molecule has 1 N–H and O–H groups in total. The van der Waals surface area contributed by atoms with E-state index < -0.39 is 23.4 Å². The normalized spacial score (nSPS) is 10.2. The lowest BCUT2D eigenvalue weighted by Gasteiger charge is -2.06. The van der Waals surface area contributed by atoms with Crippen LogP contribution in [-0.2, 0) is 9.53 Å². The number of amides is 1. The molecule has 0 saturated carbocycles. The number of anilines is 1. The zero-order chi connectivity index (χ0) is 17.0. The number of carbonyl (C=O) groups is 2. The molecule has 2 rings (SSSR count). The van der Waals surface area contributed by atoms with Gasteiger partial charge in [-0.3, -0.25) is 14.9 Å². The number of aromatic nitrogens is 1. The highest BCUT2D eigenvalue weighted by molar-refractivity contribution is 5.97. The van der Waals surface area contributed by atoms with E-state index in [1.54, 1.807) is 19.9 Å². The van der Waals surface area contributed by atoms with Gasteiger partial charge in [-0.2, -0.15) is 0 Å². The molecule has 0 unspecified atom stereocenters. The molecule has 0 spiro atoms. The van der Waals surface area contributed by atoms with Crippen molar-refractivity contribution in [3.63, 3.8) is 0 Å². The minimum absolute atomic E-state index is 0.0240. The average Bonchev–Trinajstić information content (AvgIpc) is 2.84. The van der Waals surface area contributed by atoms with E-state index in [4.69, 9.17) is 9.26 Å². The van der Waals surface area contributed by atoms with E-state index >= 15 is 0 Å². The van der Waals surface area contributed by atoms with E-state index in [2.05, 4.69) is 10.5 Å². The summed E-state index contributed by atoms with van der Waals surface area (Å²) in [6, 6.07) is 5.65. The minimum atomic E-state index is -0.751. The van der Waals surface area contributed by atoms with Crippen LogP contribution in [0.4, 0.5) is 11.4 Å². The number of nitrogens with zero attached hydrogens (tertiary/aromatic N) is 2. The van der Waals surface area contributed by atoms with Crippen molar-refractivity contribution in [2.24, 2.45) is 0 Å². The molecule has 0 aliphatic rings. The molecule has 2 aromatic rings. The first-order valence-corrected chi connectivity index (χ1v) is 6.53. The van der Waals surface area contributed by atoms with Crippen LogP contribution in [0.1, 0.15) is 21.8 Å². The van der Waals surface area contributed by atoms with E-state index in [-0.39, 0.29) is 22.7 Å². The lowest BCUT2D eigenvalue weighted by Crippen LogP contribution is -2.21. The molecule has 1 amide bonds. The SMILES string of the molecule is Cc1noc(C)c1C(=O)OCC(=O)Nc1ccccc1[N+](=O)[O-]. The van der Waals surface area contributed by atoms with E-state index in [0.717, 1.165) is 0 Å². The van der Waals surface area contributed by atoms with Crippen LogP contribution in [0.15, 0.2) is 28.8 Å². The molecule has 0 fully saturated rings. The third kappa shape index (κ3) is 3.70. The predicted octanol–water partition coefficient (Wildman–Crippen LogP) is 2.00. The molecular formula is C14H13N3O6. The third-order valence-electron chi connectivity index (χ3n) is 2.95. The van der Waals surface area contributed by atoms with Gasteiger partial charge in [0.25, 0.3) is 11.6 Å². The molecule has 0 bridgehead atoms. The van der Waals surface area contributed by atoms with Crippen LogP contribution in [-0.4, -0.2) is 28.6 Å². The van der Waals surface area contributed by atoms with Gasteiger partial charge in [-0.15, -0.1) is 0 Å². The summed E-state index contributed by atoms with van der Waals surface area (Å²) in [6.07, 6.45) is 0. The largest absolute Gasteiger partial charge is 0.452 e. The first-order chi connectivity index (χ1) is 10.9. The smallest absolute Gasteiger partial charge is 0.344 e. The number of nitro benzene ring substituents is 1. The Morgan fingerprint density at radius 1 is 1.35 bits per heavy atom. The molecule has 0 aliphatic heterocycles. The van der Waals surface area contributed by atoms with Crippen LogP contribution in [0.2, 0.25) is 0 Å². The second kappa shape index (κ2) is 6.69. The topological polar surface area (TPSA) is 125 Å². The van der Waals surface area contributed by atoms with Gasteiger partial charge in [0.05, 0.1) is 10.6 Å². The van der Waals surface area contributed by atoms with Crippen LogP contribution in [0, 0.1) is 24.0 Å². The Labute approximate surface area is 130 Å². The fraction of sp³-hybridized carbons (Fsp3) is 0.214. The number of hydrogen-bond donors (Lipinski definition) is 1. The summed E-state index contributed by atoms with van der Waals surface area (Å²) in [7, 11) is 0. The maximum atomic E-state index is 11.9. The van der Waals surface area contributed by atoms with Crippen molar-refractivity contribution >= 4 is 23.3 Å². The second-order valence-corrected chi connectivity index (χ2v) is 4.60. The fourth-order valence-electron chi connectivity index (χ4n) is 1.90. The monoisotopic (exact) mass is 319 g/mol. The van der Waals surface area contributed by atoms with Gasteiger partial charge in [0.1, 0.15) is 17.0 Å². The highest BCUT2D eigenvalue weighted by Gasteiger charge is 2.21. The summed E-state index contributed by atoms with van der Waals surface area (Å²) in [6.45, 7) is 2.53. The lowest BCUT2D eigenvalue weighted by atomic mass is 10.2. The van der Waals surface area contributed by atoms with Crippen LogP contribution in [0.5, 0.6) is 0 Å². The first-order valence-electron chi connectivity index (χ1n) is 6.53. The number of nitrogens with one attached hydrogen (secondary N) is 1. The van der Waals surface area contributed by atoms with Crippen molar-refractivity contribution in [1.82, 2.24) is 5.16 Å². The molecule has 1 aromatic heterocycles. The van der Waals surface area contributed by atoms with Gasteiger partial charge in [-0.25, -0.2) is 4.79 Å². The lowest BCUT2D eigenvalue weighted by molar-refractivity contribution is -0.383. The van der Waals surface area contributed by atoms with Crippen molar-refractivity contribution in [3.8, 4) is 0 Å². The van der Waals surface area contributed by atoms with Crippen molar-refractivity contribution in [3.05, 3.63) is 51.4 Å². The number of rotatable bonds is 5. The molecule has 0 radical (unpaired) electrons.